The number of rotatable bonds is 5. The van der Waals surface area contributed by atoms with Crippen molar-refractivity contribution >= 4 is 12.2 Å². The second-order valence-corrected chi connectivity index (χ2v) is 9.50. The lowest BCUT2D eigenvalue weighted by Gasteiger charge is -2.28. The minimum absolute atomic E-state index is 0.0234. The lowest BCUT2D eigenvalue weighted by atomic mass is 9.81. The number of halogens is 7. The second-order valence-electron chi connectivity index (χ2n) is 9.50. The number of ether oxygens (including phenoxy) is 1. The summed E-state index contributed by atoms with van der Waals surface area (Å²) in [6, 6.07) is 6.13. The van der Waals surface area contributed by atoms with Gasteiger partial charge in [0.15, 0.2) is 0 Å². The topological polar surface area (TPSA) is 46.6 Å². The highest BCUT2D eigenvalue weighted by Gasteiger charge is 2.57. The zero-order valence-corrected chi connectivity index (χ0v) is 19.2. The maximum atomic E-state index is 13.6. The molecule has 0 aliphatic carbocycles. The molecule has 2 saturated heterocycles. The van der Waals surface area contributed by atoms with Crippen LogP contribution in [0, 0.1) is 11.2 Å². The van der Waals surface area contributed by atoms with Crippen LogP contribution in [-0.2, 0) is 26.7 Å². The van der Waals surface area contributed by atoms with Crippen LogP contribution in [0.5, 0.6) is 0 Å². The van der Waals surface area contributed by atoms with Crippen LogP contribution in [0.1, 0.15) is 54.5 Å². The molecule has 0 aromatic heterocycles. The summed E-state index contributed by atoms with van der Waals surface area (Å²) in [5.74, 6) is -1.53. The van der Waals surface area contributed by atoms with Crippen molar-refractivity contribution < 1.29 is 45.1 Å². The van der Waals surface area contributed by atoms with E-state index in [4.69, 9.17) is 4.74 Å². The van der Waals surface area contributed by atoms with Gasteiger partial charge in [-0.1, -0.05) is 12.1 Å². The SMILES string of the molecule is C[C@@H](O[C@H]1CN2C(=O)C(C)(C=O)C[C@H]2[C@@H]1c1ccc(F)cc1)c1cc(C(F)(F)F)cc(C(F)(F)F)c1. The summed E-state index contributed by atoms with van der Waals surface area (Å²) in [6.07, 6.45) is -11.3. The van der Waals surface area contributed by atoms with Crippen molar-refractivity contribution in [2.75, 3.05) is 6.54 Å². The van der Waals surface area contributed by atoms with Crippen molar-refractivity contribution in [1.29, 1.82) is 0 Å². The number of benzene rings is 2. The first-order valence-electron chi connectivity index (χ1n) is 11.1. The zero-order valence-electron chi connectivity index (χ0n) is 19.2. The number of amides is 1. The van der Waals surface area contributed by atoms with Gasteiger partial charge in [0.25, 0.3) is 0 Å². The molecule has 2 aliphatic rings. The summed E-state index contributed by atoms with van der Waals surface area (Å²) in [6.45, 7) is 2.81. The van der Waals surface area contributed by atoms with Crippen LogP contribution < -0.4 is 0 Å². The lowest BCUT2D eigenvalue weighted by molar-refractivity contribution is -0.144. The Balaban J connectivity index is 1.69. The number of carbonyl (C=O) groups is 2. The summed E-state index contributed by atoms with van der Waals surface area (Å²) >= 11 is 0. The highest BCUT2D eigenvalue weighted by atomic mass is 19.4. The van der Waals surface area contributed by atoms with Crippen LogP contribution in [0.3, 0.4) is 0 Å². The average molecular weight is 517 g/mol. The number of alkyl halides is 6. The molecule has 0 spiro atoms. The summed E-state index contributed by atoms with van der Waals surface area (Å²) in [5.41, 5.74) is -3.93. The number of hydrogen-bond acceptors (Lipinski definition) is 3. The first-order valence-corrected chi connectivity index (χ1v) is 11.1. The van der Waals surface area contributed by atoms with Crippen LogP contribution in [-0.4, -0.2) is 35.8 Å². The summed E-state index contributed by atoms with van der Waals surface area (Å²) in [7, 11) is 0. The molecule has 0 N–H and O–H groups in total. The van der Waals surface area contributed by atoms with E-state index < -0.39 is 64.8 Å². The lowest BCUT2D eigenvalue weighted by Crippen LogP contribution is -2.35. The Hall–Kier alpha value is -2.95. The van der Waals surface area contributed by atoms with Crippen molar-refractivity contribution in [2.45, 2.75) is 56.8 Å². The third-order valence-corrected chi connectivity index (χ3v) is 6.95. The highest BCUT2D eigenvalue weighted by molar-refractivity contribution is 5.98. The Bertz CT molecular complexity index is 1130. The standard InChI is InChI=1S/C25H22F7NO3/c1-13(15-7-16(24(27,28)29)9-17(8-15)25(30,31)32)36-20-11-33-19(10-23(2,12-34)22(33)35)21(20)14-3-5-18(26)6-4-14/h3-9,12-13,19-21H,10-11H2,1-2H3/t13-,19+,20+,21+,23?/m1/s1. The molecule has 0 saturated carbocycles. The van der Waals surface area contributed by atoms with Gasteiger partial charge in [-0.2, -0.15) is 26.3 Å². The van der Waals surface area contributed by atoms with Crippen LogP contribution >= 0.6 is 0 Å². The van der Waals surface area contributed by atoms with E-state index in [1.54, 1.807) is 0 Å². The largest absolute Gasteiger partial charge is 0.416 e. The van der Waals surface area contributed by atoms with Crippen molar-refractivity contribution in [1.82, 2.24) is 4.90 Å². The molecule has 11 heteroatoms. The normalized spacial score (nSPS) is 27.3. The second kappa shape index (κ2) is 8.86. The fourth-order valence-electron chi connectivity index (χ4n) is 5.11. The molecule has 4 rings (SSSR count). The first-order chi connectivity index (χ1) is 16.6. The van der Waals surface area contributed by atoms with Gasteiger partial charge in [0.2, 0.25) is 5.91 Å². The number of nitrogens with zero attached hydrogens (tertiary/aromatic N) is 1. The molecular formula is C25H22F7NO3. The number of aldehydes is 1. The molecule has 1 amide bonds. The fourth-order valence-corrected chi connectivity index (χ4v) is 5.11. The van der Waals surface area contributed by atoms with E-state index in [9.17, 15) is 40.3 Å². The minimum atomic E-state index is -5.01. The molecule has 194 valence electrons. The van der Waals surface area contributed by atoms with Gasteiger partial charge in [-0.25, -0.2) is 4.39 Å². The average Bonchev–Trinajstić information content (AvgIpc) is 3.26. The third kappa shape index (κ3) is 4.72. The Morgan fingerprint density at radius 1 is 1.03 bits per heavy atom. The smallest absolute Gasteiger partial charge is 0.368 e. The van der Waals surface area contributed by atoms with Crippen LogP contribution in [0.15, 0.2) is 42.5 Å². The van der Waals surface area contributed by atoms with Gasteiger partial charge in [-0.3, -0.25) is 4.79 Å². The quantitative estimate of drug-likeness (QED) is 0.281. The maximum absolute atomic E-state index is 13.6. The van der Waals surface area contributed by atoms with Crippen LogP contribution in [0.2, 0.25) is 0 Å². The molecule has 0 radical (unpaired) electrons. The van der Waals surface area contributed by atoms with Crippen molar-refractivity contribution in [3.63, 3.8) is 0 Å². The summed E-state index contributed by atoms with van der Waals surface area (Å²) in [4.78, 5) is 26.0. The van der Waals surface area contributed by atoms with Gasteiger partial charge < -0.3 is 14.4 Å². The van der Waals surface area contributed by atoms with Gasteiger partial charge in [-0.15, -0.1) is 0 Å². The van der Waals surface area contributed by atoms with E-state index >= 15 is 0 Å². The molecule has 2 aromatic rings. The van der Waals surface area contributed by atoms with E-state index in [0.717, 1.165) is 0 Å². The van der Waals surface area contributed by atoms with Crippen molar-refractivity contribution in [3.8, 4) is 0 Å². The van der Waals surface area contributed by atoms with Crippen LogP contribution in [0.4, 0.5) is 30.7 Å². The third-order valence-electron chi connectivity index (χ3n) is 6.95. The van der Waals surface area contributed by atoms with Gasteiger partial charge in [-0.05, 0) is 61.7 Å². The van der Waals surface area contributed by atoms with E-state index in [0.29, 0.717) is 24.0 Å². The molecule has 2 heterocycles. The van der Waals surface area contributed by atoms with Crippen molar-refractivity contribution in [3.05, 3.63) is 70.5 Å². The Morgan fingerprint density at radius 3 is 2.08 bits per heavy atom. The van der Waals surface area contributed by atoms with E-state index in [2.05, 4.69) is 0 Å². The monoisotopic (exact) mass is 517 g/mol. The Kier molecular flexibility index (Phi) is 6.43. The first kappa shape index (κ1) is 26.1. The molecule has 5 atom stereocenters. The summed E-state index contributed by atoms with van der Waals surface area (Å²) < 4.78 is 99.4. The van der Waals surface area contributed by atoms with Crippen LogP contribution in [0.25, 0.3) is 0 Å². The van der Waals surface area contributed by atoms with E-state index in [1.807, 2.05) is 0 Å². The molecule has 0 bridgehead atoms. The maximum Gasteiger partial charge on any atom is 0.416 e. The van der Waals surface area contributed by atoms with Gasteiger partial charge in [0, 0.05) is 18.5 Å². The highest BCUT2D eigenvalue weighted by Crippen LogP contribution is 2.48. The molecule has 2 fully saturated rings. The van der Waals surface area contributed by atoms with Crippen molar-refractivity contribution in [2.24, 2.45) is 5.41 Å². The van der Waals surface area contributed by atoms with Gasteiger partial charge in [0.1, 0.15) is 17.5 Å². The van der Waals surface area contributed by atoms with Gasteiger partial charge in [0.05, 0.1) is 23.3 Å². The minimum Gasteiger partial charge on any atom is -0.368 e. The predicted molar refractivity (Wildman–Crippen MR) is 113 cm³/mol. The Labute approximate surface area is 202 Å². The fraction of sp³-hybridized carbons (Fsp3) is 0.440. The zero-order chi connectivity index (χ0) is 26.6. The number of hydrogen-bond donors (Lipinski definition) is 0. The van der Waals surface area contributed by atoms with E-state index in [1.165, 1.54) is 43.0 Å². The van der Waals surface area contributed by atoms with Gasteiger partial charge >= 0.3 is 12.4 Å². The Morgan fingerprint density at radius 2 is 1.58 bits per heavy atom. The molecule has 1 unspecified atom stereocenters. The number of carbonyl (C=O) groups excluding carboxylic acids is 2. The molecule has 2 aromatic carbocycles. The molecule has 4 nitrogen and oxygen atoms in total. The molecule has 36 heavy (non-hydrogen) atoms. The van der Waals surface area contributed by atoms with E-state index in [-0.39, 0.29) is 24.6 Å². The summed E-state index contributed by atoms with van der Waals surface area (Å²) in [5, 5.41) is 0. The predicted octanol–water partition coefficient (Wildman–Crippen LogP) is 5.91. The molecule has 2 aliphatic heterocycles. The number of fused-ring (bicyclic) bond motifs is 1. The molecular weight excluding hydrogens is 495 g/mol.